The number of rotatable bonds is 8. The Morgan fingerprint density at radius 2 is 1.85 bits per heavy atom. The van der Waals surface area contributed by atoms with Crippen molar-refractivity contribution in [2.45, 2.75) is 30.6 Å². The molecule has 4 aromatic rings. The highest BCUT2D eigenvalue weighted by Crippen LogP contribution is 2.25. The van der Waals surface area contributed by atoms with Crippen molar-refractivity contribution < 1.29 is 17.9 Å². The molecule has 0 bridgehead atoms. The molecule has 0 fully saturated rings. The third-order valence-corrected chi connectivity index (χ3v) is 7.30. The predicted molar refractivity (Wildman–Crippen MR) is 127 cm³/mol. The maximum Gasteiger partial charge on any atom is 0.240 e. The van der Waals surface area contributed by atoms with E-state index in [2.05, 4.69) is 20.0 Å². The second kappa shape index (κ2) is 9.40. The van der Waals surface area contributed by atoms with Crippen LogP contribution in [0, 0.1) is 0 Å². The van der Waals surface area contributed by atoms with E-state index in [1.165, 1.54) is 5.56 Å². The Morgan fingerprint density at radius 1 is 1.00 bits per heavy atom. The third kappa shape index (κ3) is 4.59. The van der Waals surface area contributed by atoms with E-state index in [0.717, 1.165) is 36.8 Å². The molecule has 2 aromatic heterocycles. The zero-order valence-corrected chi connectivity index (χ0v) is 19.6. The third-order valence-electron chi connectivity index (χ3n) is 5.84. The van der Waals surface area contributed by atoms with Crippen molar-refractivity contribution in [2.75, 3.05) is 20.3 Å². The van der Waals surface area contributed by atoms with E-state index in [1.54, 1.807) is 35.9 Å². The van der Waals surface area contributed by atoms with Crippen LogP contribution in [0.4, 0.5) is 0 Å². The number of sulfonamides is 1. The SMILES string of the molecule is COc1cccc(-c2nnc3ccc(OCCNS(=O)(=O)c4ccc5c(c4)CCCC5)nn23)c1. The van der Waals surface area contributed by atoms with Gasteiger partial charge in [-0.25, -0.2) is 13.1 Å². The number of nitrogens with zero attached hydrogens (tertiary/aromatic N) is 4. The molecule has 0 radical (unpaired) electrons. The van der Waals surface area contributed by atoms with Crippen LogP contribution in [0.5, 0.6) is 11.6 Å². The van der Waals surface area contributed by atoms with Crippen molar-refractivity contribution in [1.29, 1.82) is 0 Å². The lowest BCUT2D eigenvalue weighted by Crippen LogP contribution is -2.28. The molecule has 2 aromatic carbocycles. The summed E-state index contributed by atoms with van der Waals surface area (Å²) in [5.74, 6) is 1.59. The molecule has 0 amide bonds. The number of ether oxygens (including phenoxy) is 2. The molecule has 5 rings (SSSR count). The van der Waals surface area contributed by atoms with E-state index in [0.29, 0.717) is 28.0 Å². The summed E-state index contributed by atoms with van der Waals surface area (Å²) in [6.45, 7) is 0.239. The van der Waals surface area contributed by atoms with Crippen LogP contribution in [0.1, 0.15) is 24.0 Å². The first kappa shape index (κ1) is 22.3. The van der Waals surface area contributed by atoms with Gasteiger partial charge in [-0.15, -0.1) is 15.3 Å². The number of aromatic nitrogens is 4. The average Bonchev–Trinajstić information content (AvgIpc) is 3.30. The van der Waals surface area contributed by atoms with Crippen LogP contribution in [0.15, 0.2) is 59.5 Å². The fraction of sp³-hybridized carbons (Fsp3) is 0.292. The van der Waals surface area contributed by atoms with Gasteiger partial charge < -0.3 is 9.47 Å². The second-order valence-corrected chi connectivity index (χ2v) is 9.85. The van der Waals surface area contributed by atoms with E-state index in [9.17, 15) is 8.42 Å². The normalized spacial score (nSPS) is 13.6. The largest absolute Gasteiger partial charge is 0.497 e. The van der Waals surface area contributed by atoms with E-state index in [4.69, 9.17) is 9.47 Å². The van der Waals surface area contributed by atoms with Crippen LogP contribution < -0.4 is 14.2 Å². The number of nitrogens with one attached hydrogen (secondary N) is 1. The summed E-state index contributed by atoms with van der Waals surface area (Å²) in [5, 5.41) is 12.8. The van der Waals surface area contributed by atoms with Gasteiger partial charge in [0.2, 0.25) is 15.9 Å². The molecule has 0 aliphatic heterocycles. The van der Waals surface area contributed by atoms with Gasteiger partial charge in [0.1, 0.15) is 12.4 Å². The van der Waals surface area contributed by atoms with Crippen molar-refractivity contribution in [1.82, 2.24) is 24.5 Å². The fourth-order valence-corrected chi connectivity index (χ4v) is 5.15. The monoisotopic (exact) mass is 479 g/mol. The van der Waals surface area contributed by atoms with Gasteiger partial charge >= 0.3 is 0 Å². The van der Waals surface area contributed by atoms with E-state index in [-0.39, 0.29) is 13.2 Å². The first-order valence-electron chi connectivity index (χ1n) is 11.1. The van der Waals surface area contributed by atoms with Gasteiger partial charge in [0.05, 0.1) is 12.0 Å². The van der Waals surface area contributed by atoms with Crippen molar-refractivity contribution in [3.05, 3.63) is 65.7 Å². The highest BCUT2D eigenvalue weighted by molar-refractivity contribution is 7.89. The molecule has 0 atom stereocenters. The average molecular weight is 480 g/mol. The van der Waals surface area contributed by atoms with Crippen molar-refractivity contribution in [3.63, 3.8) is 0 Å². The minimum Gasteiger partial charge on any atom is -0.497 e. The number of hydrogen-bond donors (Lipinski definition) is 1. The zero-order valence-electron chi connectivity index (χ0n) is 18.8. The van der Waals surface area contributed by atoms with E-state index >= 15 is 0 Å². The first-order chi connectivity index (χ1) is 16.5. The Morgan fingerprint density at radius 3 is 2.71 bits per heavy atom. The molecule has 34 heavy (non-hydrogen) atoms. The minimum atomic E-state index is -3.61. The van der Waals surface area contributed by atoms with Gasteiger partial charge in [0.25, 0.3) is 0 Å². The summed E-state index contributed by atoms with van der Waals surface area (Å²) in [6, 6.07) is 16.3. The fourth-order valence-electron chi connectivity index (χ4n) is 4.08. The Balaban J connectivity index is 1.25. The second-order valence-electron chi connectivity index (χ2n) is 8.08. The standard InChI is InChI=1S/C24H25N5O4S/c1-32-20-8-4-7-19(15-20)24-27-26-22-11-12-23(28-29(22)24)33-14-13-25-34(30,31)21-10-9-17-5-2-3-6-18(17)16-21/h4,7-12,15-16,25H,2-3,5-6,13-14H2,1H3. The Kier molecular flexibility index (Phi) is 6.16. The number of fused-ring (bicyclic) bond motifs is 2. The van der Waals surface area contributed by atoms with Gasteiger partial charge in [-0.1, -0.05) is 18.2 Å². The van der Waals surface area contributed by atoms with Crippen molar-refractivity contribution >= 4 is 15.7 Å². The molecular formula is C24H25N5O4S. The molecule has 9 nitrogen and oxygen atoms in total. The number of methoxy groups -OCH3 is 1. The molecule has 10 heteroatoms. The lowest BCUT2D eigenvalue weighted by molar-refractivity contribution is 0.306. The molecular weight excluding hydrogens is 454 g/mol. The lowest BCUT2D eigenvalue weighted by Gasteiger charge is -2.16. The number of hydrogen-bond acceptors (Lipinski definition) is 7. The molecule has 0 saturated carbocycles. The summed E-state index contributed by atoms with van der Waals surface area (Å²) >= 11 is 0. The van der Waals surface area contributed by atoms with E-state index in [1.807, 2.05) is 30.3 Å². The topological polar surface area (TPSA) is 108 Å². The minimum absolute atomic E-state index is 0.115. The summed E-state index contributed by atoms with van der Waals surface area (Å²) in [5.41, 5.74) is 3.74. The van der Waals surface area contributed by atoms with Crippen molar-refractivity contribution in [2.24, 2.45) is 0 Å². The van der Waals surface area contributed by atoms with Gasteiger partial charge in [0.15, 0.2) is 11.5 Å². The van der Waals surface area contributed by atoms with Gasteiger partial charge in [0, 0.05) is 18.2 Å². The highest BCUT2D eigenvalue weighted by Gasteiger charge is 2.17. The smallest absolute Gasteiger partial charge is 0.240 e. The van der Waals surface area contributed by atoms with Crippen LogP contribution in [-0.2, 0) is 22.9 Å². The summed E-state index contributed by atoms with van der Waals surface area (Å²) in [6.07, 6.45) is 4.20. The Labute approximate surface area is 197 Å². The molecule has 2 heterocycles. The van der Waals surface area contributed by atoms with E-state index < -0.39 is 10.0 Å². The van der Waals surface area contributed by atoms with Crippen LogP contribution in [0.25, 0.3) is 17.0 Å². The predicted octanol–water partition coefficient (Wildman–Crippen LogP) is 3.04. The maximum atomic E-state index is 12.7. The Bertz CT molecular complexity index is 1430. The molecule has 1 N–H and O–H groups in total. The summed E-state index contributed by atoms with van der Waals surface area (Å²) < 4.78 is 40.6. The first-order valence-corrected chi connectivity index (χ1v) is 12.6. The quantitative estimate of drug-likeness (QED) is 0.387. The maximum absolute atomic E-state index is 12.7. The molecule has 1 aliphatic rings. The molecule has 1 aliphatic carbocycles. The highest BCUT2D eigenvalue weighted by atomic mass is 32.2. The summed E-state index contributed by atoms with van der Waals surface area (Å²) in [7, 11) is -2.01. The lowest BCUT2D eigenvalue weighted by atomic mass is 9.92. The summed E-state index contributed by atoms with van der Waals surface area (Å²) in [4.78, 5) is 0.292. The van der Waals surface area contributed by atoms with Crippen molar-refractivity contribution in [3.8, 4) is 23.0 Å². The molecule has 176 valence electrons. The van der Waals surface area contributed by atoms with Gasteiger partial charge in [-0.2, -0.15) is 4.52 Å². The van der Waals surface area contributed by atoms with Crippen LogP contribution in [0.2, 0.25) is 0 Å². The van der Waals surface area contributed by atoms with Crippen LogP contribution >= 0.6 is 0 Å². The van der Waals surface area contributed by atoms with Crippen LogP contribution in [-0.4, -0.2) is 48.5 Å². The molecule has 0 unspecified atom stereocenters. The van der Waals surface area contributed by atoms with Gasteiger partial charge in [-0.3, -0.25) is 0 Å². The number of benzene rings is 2. The van der Waals surface area contributed by atoms with Gasteiger partial charge in [-0.05, 0) is 67.1 Å². The number of aryl methyl sites for hydroxylation is 2. The molecule has 0 spiro atoms. The Hall–Kier alpha value is -3.50. The van der Waals surface area contributed by atoms with Crippen LogP contribution in [0.3, 0.4) is 0 Å². The molecule has 0 saturated heterocycles. The zero-order chi connectivity index (χ0) is 23.5.